The molecule has 0 atom stereocenters. The van der Waals surface area contributed by atoms with Crippen molar-refractivity contribution in [3.63, 3.8) is 0 Å². The van der Waals surface area contributed by atoms with Gasteiger partial charge in [-0.15, -0.1) is 0 Å². The fraction of sp³-hybridized carbons (Fsp3) is 0.300. The molecule has 1 fully saturated rings. The number of nitrogens with one attached hydrogen (secondary N) is 1. The first-order valence-electron chi connectivity index (χ1n) is 9.23. The Balaban J connectivity index is 1.43. The van der Waals surface area contributed by atoms with Crippen LogP contribution in [0.3, 0.4) is 0 Å². The molecule has 1 aromatic heterocycles. The number of aromatic nitrogens is 2. The molecule has 28 heavy (non-hydrogen) atoms. The average Bonchev–Trinajstić information content (AvgIpc) is 3.12. The summed E-state index contributed by atoms with van der Waals surface area (Å²) < 4.78 is 29.1. The first-order chi connectivity index (χ1) is 13.4. The number of sulfonamides is 1. The van der Waals surface area contributed by atoms with Gasteiger partial charge in [-0.2, -0.15) is 9.40 Å². The van der Waals surface area contributed by atoms with Crippen molar-refractivity contribution in [2.45, 2.75) is 17.7 Å². The quantitative estimate of drug-likeness (QED) is 0.732. The van der Waals surface area contributed by atoms with Crippen molar-refractivity contribution in [1.29, 1.82) is 0 Å². The Bertz CT molecular complexity index is 1120. The summed E-state index contributed by atoms with van der Waals surface area (Å²) in [5.41, 5.74) is 0. The van der Waals surface area contributed by atoms with Crippen LogP contribution in [-0.2, 0) is 21.9 Å². The third kappa shape index (κ3) is 3.65. The predicted molar refractivity (Wildman–Crippen MR) is 107 cm³/mol. The molecule has 0 bridgehead atoms. The predicted octanol–water partition coefficient (Wildman–Crippen LogP) is 2.61. The van der Waals surface area contributed by atoms with Crippen LogP contribution in [0.15, 0.2) is 59.6 Å². The van der Waals surface area contributed by atoms with Crippen LogP contribution in [0.1, 0.15) is 12.8 Å². The summed E-state index contributed by atoms with van der Waals surface area (Å²) >= 11 is 0. The summed E-state index contributed by atoms with van der Waals surface area (Å²) in [5.74, 6) is 0.185. The number of hydrogen-bond donors (Lipinski definition) is 1. The minimum atomic E-state index is -3.57. The van der Waals surface area contributed by atoms with E-state index in [9.17, 15) is 13.2 Å². The highest BCUT2D eigenvalue weighted by atomic mass is 32.2. The Morgan fingerprint density at radius 3 is 2.46 bits per heavy atom. The maximum Gasteiger partial charge on any atom is 0.243 e. The van der Waals surface area contributed by atoms with Gasteiger partial charge in [-0.1, -0.05) is 30.3 Å². The molecule has 0 spiro atoms. The molecule has 1 N–H and O–H groups in total. The molecule has 8 heteroatoms. The molecule has 4 rings (SSSR count). The maximum atomic E-state index is 13.0. The van der Waals surface area contributed by atoms with Gasteiger partial charge in [0, 0.05) is 38.3 Å². The van der Waals surface area contributed by atoms with Gasteiger partial charge < -0.3 is 5.32 Å². The second-order valence-corrected chi connectivity index (χ2v) is 8.99. The van der Waals surface area contributed by atoms with Crippen LogP contribution in [0.4, 0.5) is 5.82 Å². The number of amides is 1. The minimum Gasteiger partial charge on any atom is -0.309 e. The van der Waals surface area contributed by atoms with E-state index in [4.69, 9.17) is 0 Å². The van der Waals surface area contributed by atoms with Crippen molar-refractivity contribution in [3.8, 4) is 0 Å². The van der Waals surface area contributed by atoms with Gasteiger partial charge in [-0.25, -0.2) is 8.42 Å². The molecule has 3 aromatic rings. The number of aryl methyl sites for hydroxylation is 1. The summed E-state index contributed by atoms with van der Waals surface area (Å²) in [6, 6.07) is 14.6. The highest BCUT2D eigenvalue weighted by Gasteiger charge is 2.32. The van der Waals surface area contributed by atoms with Crippen LogP contribution in [0.5, 0.6) is 0 Å². The molecular weight excluding hydrogens is 376 g/mol. The van der Waals surface area contributed by atoms with Crippen LogP contribution in [0.25, 0.3) is 10.8 Å². The Morgan fingerprint density at radius 1 is 1.07 bits per heavy atom. The number of benzene rings is 2. The number of hydrogen-bond acceptors (Lipinski definition) is 4. The zero-order chi connectivity index (χ0) is 19.7. The summed E-state index contributed by atoms with van der Waals surface area (Å²) in [6.45, 7) is 0.658. The number of nitrogens with zero attached hydrogens (tertiary/aromatic N) is 3. The fourth-order valence-electron chi connectivity index (χ4n) is 3.55. The molecule has 0 aliphatic carbocycles. The third-order valence-corrected chi connectivity index (χ3v) is 7.04. The molecule has 2 heterocycles. The van der Waals surface area contributed by atoms with Crippen LogP contribution in [0, 0.1) is 5.92 Å². The highest BCUT2D eigenvalue weighted by molar-refractivity contribution is 7.89. The Hall–Kier alpha value is -2.71. The molecular formula is C20H22N4O3S. The third-order valence-electron chi connectivity index (χ3n) is 5.15. The molecule has 1 amide bonds. The summed E-state index contributed by atoms with van der Waals surface area (Å²) in [5, 5.41) is 8.84. The fourth-order valence-corrected chi connectivity index (χ4v) is 5.05. The van der Waals surface area contributed by atoms with Crippen molar-refractivity contribution in [3.05, 3.63) is 54.7 Å². The lowest BCUT2D eigenvalue weighted by molar-refractivity contribution is -0.120. The number of rotatable bonds is 4. The van der Waals surface area contributed by atoms with E-state index in [1.807, 2.05) is 30.3 Å². The van der Waals surface area contributed by atoms with Crippen LogP contribution in [-0.4, -0.2) is 41.5 Å². The lowest BCUT2D eigenvalue weighted by Gasteiger charge is -2.30. The normalized spacial score (nSPS) is 16.3. The van der Waals surface area contributed by atoms with Gasteiger partial charge in [0.15, 0.2) is 5.82 Å². The van der Waals surface area contributed by atoms with Crippen LogP contribution in [0.2, 0.25) is 0 Å². The van der Waals surface area contributed by atoms with Crippen molar-refractivity contribution >= 4 is 32.5 Å². The SMILES string of the molecule is Cn1ccc(NC(=O)C2CCN(S(=O)(=O)c3ccc4ccccc4c3)CC2)n1. The number of fused-ring (bicyclic) bond motifs is 1. The molecule has 1 saturated heterocycles. The second-order valence-electron chi connectivity index (χ2n) is 7.05. The van der Waals surface area contributed by atoms with E-state index in [0.717, 1.165) is 10.8 Å². The van der Waals surface area contributed by atoms with Gasteiger partial charge in [-0.05, 0) is 35.7 Å². The average molecular weight is 398 g/mol. The second kappa shape index (κ2) is 7.37. The van der Waals surface area contributed by atoms with Crippen LogP contribution >= 0.6 is 0 Å². The van der Waals surface area contributed by atoms with Gasteiger partial charge in [0.2, 0.25) is 15.9 Å². The Labute approximate surface area is 164 Å². The molecule has 1 aliphatic rings. The van der Waals surface area contributed by atoms with Gasteiger partial charge in [-0.3, -0.25) is 9.48 Å². The zero-order valence-corrected chi connectivity index (χ0v) is 16.4. The highest BCUT2D eigenvalue weighted by Crippen LogP contribution is 2.26. The van der Waals surface area contributed by atoms with Gasteiger partial charge in [0.05, 0.1) is 4.90 Å². The number of piperidine rings is 1. The smallest absolute Gasteiger partial charge is 0.243 e. The van der Waals surface area contributed by atoms with E-state index in [2.05, 4.69) is 10.4 Å². The minimum absolute atomic E-state index is 0.110. The monoisotopic (exact) mass is 398 g/mol. The first-order valence-corrected chi connectivity index (χ1v) is 10.7. The van der Waals surface area contributed by atoms with E-state index < -0.39 is 10.0 Å². The standard InChI is InChI=1S/C20H22N4O3S/c1-23-11-10-19(22-23)21-20(25)16-8-12-24(13-9-16)28(26,27)18-7-6-15-4-2-3-5-17(15)14-18/h2-7,10-11,14,16H,8-9,12-13H2,1H3,(H,21,22,25). The van der Waals surface area contributed by atoms with Gasteiger partial charge in [0.1, 0.15) is 0 Å². The Kier molecular flexibility index (Phi) is 4.91. The van der Waals surface area contributed by atoms with E-state index in [1.54, 1.807) is 36.1 Å². The largest absolute Gasteiger partial charge is 0.309 e. The van der Waals surface area contributed by atoms with E-state index in [-0.39, 0.29) is 11.8 Å². The van der Waals surface area contributed by atoms with Gasteiger partial charge >= 0.3 is 0 Å². The first kappa shape index (κ1) is 18.6. The molecule has 7 nitrogen and oxygen atoms in total. The Morgan fingerprint density at radius 2 is 1.79 bits per heavy atom. The maximum absolute atomic E-state index is 13.0. The van der Waals surface area contributed by atoms with Crippen molar-refractivity contribution < 1.29 is 13.2 Å². The molecule has 0 saturated carbocycles. The topological polar surface area (TPSA) is 84.3 Å². The molecule has 0 radical (unpaired) electrons. The zero-order valence-electron chi connectivity index (χ0n) is 15.6. The lowest BCUT2D eigenvalue weighted by Crippen LogP contribution is -2.41. The van der Waals surface area contributed by atoms with Gasteiger partial charge in [0.25, 0.3) is 0 Å². The van der Waals surface area contributed by atoms with E-state index in [1.165, 1.54) is 4.31 Å². The summed E-state index contributed by atoms with van der Waals surface area (Å²) in [4.78, 5) is 12.7. The summed E-state index contributed by atoms with van der Waals surface area (Å²) in [6.07, 6.45) is 2.74. The summed E-state index contributed by atoms with van der Waals surface area (Å²) in [7, 11) is -1.79. The number of carbonyl (C=O) groups is 1. The van der Waals surface area contributed by atoms with E-state index >= 15 is 0 Å². The number of anilines is 1. The molecule has 146 valence electrons. The van der Waals surface area contributed by atoms with Crippen molar-refractivity contribution in [1.82, 2.24) is 14.1 Å². The van der Waals surface area contributed by atoms with Crippen molar-refractivity contribution in [2.75, 3.05) is 18.4 Å². The molecule has 0 unspecified atom stereocenters. The molecule has 2 aromatic carbocycles. The molecule has 1 aliphatic heterocycles. The van der Waals surface area contributed by atoms with Crippen LogP contribution < -0.4 is 5.32 Å². The van der Waals surface area contributed by atoms with E-state index in [0.29, 0.717) is 36.6 Å². The van der Waals surface area contributed by atoms with Crippen molar-refractivity contribution in [2.24, 2.45) is 13.0 Å². The number of carbonyl (C=O) groups excluding carboxylic acids is 1. The lowest BCUT2D eigenvalue weighted by atomic mass is 9.97.